The van der Waals surface area contributed by atoms with Crippen LogP contribution in [0.2, 0.25) is 0 Å². The van der Waals surface area contributed by atoms with Crippen LogP contribution in [0.4, 0.5) is 5.69 Å². The number of rotatable bonds is 3. The highest BCUT2D eigenvalue weighted by atomic mass is 16.5. The second-order valence-electron chi connectivity index (χ2n) is 4.58. The SMILES string of the molecule is COc1cccc(N2CC(C)(CO)OCC2=O)c1. The smallest absolute Gasteiger partial charge is 0.253 e. The molecule has 1 amide bonds. The number of hydrogen-bond donors (Lipinski definition) is 1. The number of ether oxygens (including phenoxy) is 2. The molecule has 0 bridgehead atoms. The van der Waals surface area contributed by atoms with Crippen LogP contribution in [-0.2, 0) is 9.53 Å². The summed E-state index contributed by atoms with van der Waals surface area (Å²) in [4.78, 5) is 13.5. The van der Waals surface area contributed by atoms with Crippen LogP contribution in [0.3, 0.4) is 0 Å². The van der Waals surface area contributed by atoms with Gasteiger partial charge in [-0.05, 0) is 19.1 Å². The van der Waals surface area contributed by atoms with E-state index in [1.165, 1.54) is 0 Å². The predicted octanol–water partition coefficient (Wildman–Crippen LogP) is 0.809. The van der Waals surface area contributed by atoms with E-state index in [2.05, 4.69) is 0 Å². The maximum Gasteiger partial charge on any atom is 0.253 e. The van der Waals surface area contributed by atoms with Gasteiger partial charge in [-0.2, -0.15) is 0 Å². The van der Waals surface area contributed by atoms with Gasteiger partial charge in [0.1, 0.15) is 18.0 Å². The number of aliphatic hydroxyl groups is 1. The molecule has 1 unspecified atom stereocenters. The third kappa shape index (κ3) is 2.47. The van der Waals surface area contributed by atoms with Gasteiger partial charge in [-0.3, -0.25) is 4.79 Å². The zero-order valence-corrected chi connectivity index (χ0v) is 10.5. The Morgan fingerprint density at radius 1 is 1.56 bits per heavy atom. The van der Waals surface area contributed by atoms with E-state index in [4.69, 9.17) is 9.47 Å². The summed E-state index contributed by atoms with van der Waals surface area (Å²) in [6, 6.07) is 7.28. The lowest BCUT2D eigenvalue weighted by atomic mass is 10.0. The first-order chi connectivity index (χ1) is 8.58. The fraction of sp³-hybridized carbons (Fsp3) is 0.462. The first-order valence-electron chi connectivity index (χ1n) is 5.77. The van der Waals surface area contributed by atoms with Crippen LogP contribution in [0.1, 0.15) is 6.92 Å². The summed E-state index contributed by atoms with van der Waals surface area (Å²) in [5.74, 6) is 0.576. The minimum Gasteiger partial charge on any atom is -0.497 e. The number of morpholine rings is 1. The maximum absolute atomic E-state index is 11.9. The molecule has 0 radical (unpaired) electrons. The Morgan fingerprint density at radius 2 is 2.33 bits per heavy atom. The highest BCUT2D eigenvalue weighted by molar-refractivity contribution is 5.95. The summed E-state index contributed by atoms with van der Waals surface area (Å²) in [5, 5.41) is 9.31. The van der Waals surface area contributed by atoms with Crippen LogP contribution in [0.25, 0.3) is 0 Å². The molecule has 1 N–H and O–H groups in total. The number of anilines is 1. The van der Waals surface area contributed by atoms with Gasteiger partial charge in [0, 0.05) is 11.8 Å². The number of benzene rings is 1. The summed E-state index contributed by atoms with van der Waals surface area (Å²) in [5.41, 5.74) is 0.0408. The van der Waals surface area contributed by atoms with E-state index in [9.17, 15) is 9.90 Å². The molecule has 18 heavy (non-hydrogen) atoms. The van der Waals surface area contributed by atoms with E-state index in [1.807, 2.05) is 18.2 Å². The van der Waals surface area contributed by atoms with Gasteiger partial charge in [0.2, 0.25) is 0 Å². The molecule has 1 aromatic rings. The number of methoxy groups -OCH3 is 1. The van der Waals surface area contributed by atoms with Crippen molar-refractivity contribution in [2.75, 3.05) is 31.8 Å². The molecular weight excluding hydrogens is 234 g/mol. The quantitative estimate of drug-likeness (QED) is 0.863. The second kappa shape index (κ2) is 4.96. The monoisotopic (exact) mass is 251 g/mol. The van der Waals surface area contributed by atoms with Crippen molar-refractivity contribution in [1.82, 2.24) is 0 Å². The normalized spacial score (nSPS) is 24.2. The van der Waals surface area contributed by atoms with Gasteiger partial charge in [-0.15, -0.1) is 0 Å². The van der Waals surface area contributed by atoms with Gasteiger partial charge >= 0.3 is 0 Å². The van der Waals surface area contributed by atoms with Gasteiger partial charge in [-0.25, -0.2) is 0 Å². The summed E-state index contributed by atoms with van der Waals surface area (Å²) < 4.78 is 10.5. The van der Waals surface area contributed by atoms with Crippen LogP contribution < -0.4 is 9.64 Å². The Labute approximate surface area is 106 Å². The number of nitrogens with zero attached hydrogens (tertiary/aromatic N) is 1. The number of aliphatic hydroxyl groups excluding tert-OH is 1. The summed E-state index contributed by atoms with van der Waals surface area (Å²) in [6.45, 7) is 1.97. The molecule has 5 nitrogen and oxygen atoms in total. The van der Waals surface area contributed by atoms with Crippen molar-refractivity contribution in [3.05, 3.63) is 24.3 Å². The zero-order valence-electron chi connectivity index (χ0n) is 10.5. The molecule has 0 aromatic heterocycles. The minimum atomic E-state index is -0.711. The van der Waals surface area contributed by atoms with Crippen LogP contribution in [0.5, 0.6) is 5.75 Å². The van der Waals surface area contributed by atoms with Crippen molar-refractivity contribution in [2.45, 2.75) is 12.5 Å². The lowest BCUT2D eigenvalue weighted by Gasteiger charge is -2.39. The maximum atomic E-state index is 11.9. The number of carbonyl (C=O) groups excluding carboxylic acids is 1. The molecule has 0 spiro atoms. The molecule has 5 heteroatoms. The molecule has 2 rings (SSSR count). The summed E-state index contributed by atoms with van der Waals surface area (Å²) in [6.07, 6.45) is 0. The van der Waals surface area contributed by atoms with Crippen LogP contribution in [0, 0.1) is 0 Å². The Morgan fingerprint density at radius 3 is 3.00 bits per heavy atom. The number of amides is 1. The highest BCUT2D eigenvalue weighted by Gasteiger charge is 2.36. The average Bonchev–Trinajstić information content (AvgIpc) is 2.42. The number of hydrogen-bond acceptors (Lipinski definition) is 4. The van der Waals surface area contributed by atoms with Gasteiger partial charge in [-0.1, -0.05) is 6.07 Å². The van der Waals surface area contributed by atoms with Gasteiger partial charge < -0.3 is 19.5 Å². The fourth-order valence-corrected chi connectivity index (χ4v) is 1.89. The standard InChI is InChI=1S/C13H17NO4/c1-13(9-15)8-14(12(16)7-18-13)10-4-3-5-11(6-10)17-2/h3-6,15H,7-9H2,1-2H3. The second-order valence-corrected chi connectivity index (χ2v) is 4.58. The van der Waals surface area contributed by atoms with Crippen molar-refractivity contribution in [2.24, 2.45) is 0 Å². The minimum absolute atomic E-state index is 0.0196. The largest absolute Gasteiger partial charge is 0.497 e. The van der Waals surface area contributed by atoms with Crippen LogP contribution >= 0.6 is 0 Å². The Balaban J connectivity index is 2.26. The van der Waals surface area contributed by atoms with E-state index in [-0.39, 0.29) is 19.1 Å². The Hall–Kier alpha value is -1.59. The van der Waals surface area contributed by atoms with E-state index < -0.39 is 5.60 Å². The van der Waals surface area contributed by atoms with Crippen molar-refractivity contribution >= 4 is 11.6 Å². The molecule has 1 fully saturated rings. The van der Waals surface area contributed by atoms with Crippen LogP contribution in [-0.4, -0.2) is 43.5 Å². The van der Waals surface area contributed by atoms with Crippen molar-refractivity contribution < 1.29 is 19.4 Å². The van der Waals surface area contributed by atoms with Gasteiger partial charge in [0.05, 0.1) is 20.3 Å². The molecule has 0 saturated carbocycles. The average molecular weight is 251 g/mol. The van der Waals surface area contributed by atoms with E-state index >= 15 is 0 Å². The molecule has 1 aliphatic heterocycles. The summed E-state index contributed by atoms with van der Waals surface area (Å²) in [7, 11) is 1.58. The van der Waals surface area contributed by atoms with E-state index in [1.54, 1.807) is 25.0 Å². The zero-order chi connectivity index (χ0) is 13.2. The molecule has 1 aromatic carbocycles. The van der Waals surface area contributed by atoms with E-state index in [0.29, 0.717) is 12.3 Å². The van der Waals surface area contributed by atoms with Crippen LogP contribution in [0.15, 0.2) is 24.3 Å². The molecular formula is C13H17NO4. The fourth-order valence-electron chi connectivity index (χ4n) is 1.89. The molecule has 1 aliphatic rings. The molecule has 1 saturated heterocycles. The topological polar surface area (TPSA) is 59.0 Å². The molecule has 98 valence electrons. The van der Waals surface area contributed by atoms with Gasteiger partial charge in [0.25, 0.3) is 5.91 Å². The molecule has 0 aliphatic carbocycles. The predicted molar refractivity (Wildman–Crippen MR) is 66.8 cm³/mol. The van der Waals surface area contributed by atoms with Crippen molar-refractivity contribution in [1.29, 1.82) is 0 Å². The first-order valence-corrected chi connectivity index (χ1v) is 5.77. The molecule has 1 heterocycles. The number of carbonyl (C=O) groups is 1. The van der Waals surface area contributed by atoms with Crippen molar-refractivity contribution in [3.8, 4) is 5.75 Å². The third-order valence-corrected chi connectivity index (χ3v) is 3.04. The van der Waals surface area contributed by atoms with Gasteiger partial charge in [0.15, 0.2) is 0 Å². The van der Waals surface area contributed by atoms with E-state index in [0.717, 1.165) is 5.69 Å². The summed E-state index contributed by atoms with van der Waals surface area (Å²) >= 11 is 0. The third-order valence-electron chi connectivity index (χ3n) is 3.04. The molecule has 1 atom stereocenters. The highest BCUT2D eigenvalue weighted by Crippen LogP contribution is 2.26. The lowest BCUT2D eigenvalue weighted by Crippen LogP contribution is -2.55. The lowest BCUT2D eigenvalue weighted by molar-refractivity contribution is -0.141. The first kappa shape index (κ1) is 12.9. The van der Waals surface area contributed by atoms with Crippen molar-refractivity contribution in [3.63, 3.8) is 0 Å². The Kier molecular flexibility index (Phi) is 3.54. The Bertz CT molecular complexity index is 448.